The van der Waals surface area contributed by atoms with E-state index in [9.17, 15) is 43.5 Å². The second kappa shape index (κ2) is 7.72. The molecule has 0 saturated heterocycles. The quantitative estimate of drug-likeness (QED) is 0.268. The van der Waals surface area contributed by atoms with Crippen LogP contribution in [0.25, 0.3) is 11.1 Å². The molecular weight excluding hydrogens is 461 g/mol. The van der Waals surface area contributed by atoms with Crippen molar-refractivity contribution in [3.05, 3.63) is 101 Å². The summed E-state index contributed by atoms with van der Waals surface area (Å²) in [5.74, 6) is 0. The molecule has 0 saturated carbocycles. The highest BCUT2D eigenvalue weighted by molar-refractivity contribution is 6.28. The van der Waals surface area contributed by atoms with Crippen LogP contribution in [0.2, 0.25) is 0 Å². The van der Waals surface area contributed by atoms with Gasteiger partial charge in [0.05, 0.1) is 48.9 Å². The molecule has 0 spiro atoms. The third kappa shape index (κ3) is 3.62. The Morgan fingerprint density at radius 3 is 1.91 bits per heavy atom. The number of aliphatic imine (C=N–C) groups is 1. The Bertz CT molecular complexity index is 1450. The van der Waals surface area contributed by atoms with E-state index >= 15 is 0 Å². The fourth-order valence-corrected chi connectivity index (χ4v) is 3.87. The zero-order valence-electron chi connectivity index (χ0n) is 17.0. The predicted molar refractivity (Wildman–Crippen MR) is 113 cm³/mol. The highest BCUT2D eigenvalue weighted by atomic mass is 19.4. The van der Waals surface area contributed by atoms with Gasteiger partial charge in [-0.3, -0.25) is 30.3 Å². The van der Waals surface area contributed by atoms with Crippen LogP contribution in [-0.2, 0) is 6.18 Å². The van der Waals surface area contributed by atoms with Crippen LogP contribution in [0.15, 0.2) is 53.5 Å². The Kier molecular flexibility index (Phi) is 5.11. The van der Waals surface area contributed by atoms with Gasteiger partial charge in [-0.25, -0.2) is 4.99 Å². The monoisotopic (exact) mass is 472 g/mol. The Balaban J connectivity index is 2.18. The van der Waals surface area contributed by atoms with Crippen molar-refractivity contribution in [2.45, 2.75) is 13.1 Å². The van der Waals surface area contributed by atoms with Gasteiger partial charge in [0.2, 0.25) is 0 Å². The molecule has 0 atom stereocenters. The molecule has 0 N–H and O–H groups in total. The summed E-state index contributed by atoms with van der Waals surface area (Å²) < 4.78 is 40.7. The van der Waals surface area contributed by atoms with E-state index in [1.807, 2.05) is 0 Å². The van der Waals surface area contributed by atoms with Crippen LogP contribution in [-0.4, -0.2) is 20.5 Å². The number of halogens is 3. The number of hydrogen-bond donors (Lipinski definition) is 0. The topological polar surface area (TPSA) is 142 Å². The summed E-state index contributed by atoms with van der Waals surface area (Å²) in [4.78, 5) is 36.4. The first-order chi connectivity index (χ1) is 15.9. The van der Waals surface area contributed by atoms with E-state index in [-0.39, 0.29) is 28.0 Å². The standard InChI is InChI=1S/C21H11F3N4O6/c1-10-6-12-18(16(7-10)27(31)32)19-13(8-11(26(29)30)9-17(19)28(33)34)20(12)25-15-5-3-2-4-14(15)21(22,23)24/h2-9H,1H3. The van der Waals surface area contributed by atoms with Crippen molar-refractivity contribution in [1.29, 1.82) is 0 Å². The summed E-state index contributed by atoms with van der Waals surface area (Å²) in [6.07, 6.45) is -4.79. The molecule has 0 radical (unpaired) electrons. The van der Waals surface area contributed by atoms with E-state index < -0.39 is 49.3 Å². The molecule has 3 aromatic rings. The molecule has 0 amide bonds. The summed E-state index contributed by atoms with van der Waals surface area (Å²) in [6, 6.07) is 8.38. The SMILES string of the molecule is Cc1cc2c(c([N+](=O)[O-])c1)-c1c(cc([N+](=O)[O-])cc1[N+](=O)[O-])C2=Nc1ccccc1C(F)(F)F. The second-order valence-electron chi connectivity index (χ2n) is 7.34. The number of fused-ring (bicyclic) bond motifs is 3. The van der Waals surface area contributed by atoms with Crippen molar-refractivity contribution in [3.63, 3.8) is 0 Å². The number of rotatable bonds is 4. The molecule has 0 bridgehead atoms. The maximum Gasteiger partial charge on any atom is 0.418 e. The molecule has 10 nitrogen and oxygen atoms in total. The highest BCUT2D eigenvalue weighted by Crippen LogP contribution is 2.50. The lowest BCUT2D eigenvalue weighted by Crippen LogP contribution is -2.06. The van der Waals surface area contributed by atoms with Gasteiger partial charge in [-0.2, -0.15) is 13.2 Å². The smallest absolute Gasteiger partial charge is 0.258 e. The van der Waals surface area contributed by atoms with Crippen LogP contribution in [0, 0.1) is 37.3 Å². The molecule has 0 heterocycles. The van der Waals surface area contributed by atoms with E-state index in [0.717, 1.165) is 30.3 Å². The van der Waals surface area contributed by atoms with Crippen molar-refractivity contribution in [2.75, 3.05) is 0 Å². The van der Waals surface area contributed by atoms with Crippen LogP contribution >= 0.6 is 0 Å². The first-order valence-corrected chi connectivity index (χ1v) is 9.42. The van der Waals surface area contributed by atoms with Gasteiger partial charge < -0.3 is 0 Å². The van der Waals surface area contributed by atoms with Crippen LogP contribution in [0.4, 0.5) is 35.9 Å². The number of para-hydroxylation sites is 1. The normalized spacial score (nSPS) is 13.5. The summed E-state index contributed by atoms with van der Waals surface area (Å²) in [5, 5.41) is 35.0. The minimum absolute atomic E-state index is 0.0396. The fraction of sp³-hybridized carbons (Fsp3) is 0.0952. The molecule has 1 aliphatic carbocycles. The summed E-state index contributed by atoms with van der Waals surface area (Å²) >= 11 is 0. The van der Waals surface area contributed by atoms with Crippen LogP contribution in [0.1, 0.15) is 22.3 Å². The van der Waals surface area contributed by atoms with Crippen LogP contribution < -0.4 is 0 Å². The van der Waals surface area contributed by atoms with Gasteiger partial charge in [0.25, 0.3) is 17.1 Å². The maximum atomic E-state index is 13.6. The van der Waals surface area contributed by atoms with Gasteiger partial charge in [0.1, 0.15) is 0 Å². The number of nitro groups is 3. The highest BCUT2D eigenvalue weighted by Gasteiger charge is 2.40. The molecule has 13 heteroatoms. The van der Waals surface area contributed by atoms with Gasteiger partial charge in [0, 0.05) is 23.3 Å². The molecule has 172 valence electrons. The molecule has 0 unspecified atom stereocenters. The average molecular weight is 472 g/mol. The van der Waals surface area contributed by atoms with E-state index in [4.69, 9.17) is 0 Å². The number of alkyl halides is 3. The summed E-state index contributed by atoms with van der Waals surface area (Å²) in [5.41, 5.74) is -4.50. The Morgan fingerprint density at radius 1 is 0.794 bits per heavy atom. The van der Waals surface area contributed by atoms with E-state index in [0.29, 0.717) is 11.6 Å². The molecule has 4 rings (SSSR count). The first kappa shape index (κ1) is 22.5. The number of nitro benzene ring substituents is 3. The summed E-state index contributed by atoms with van der Waals surface area (Å²) in [7, 11) is 0. The van der Waals surface area contributed by atoms with Crippen molar-refractivity contribution < 1.29 is 27.9 Å². The maximum absolute atomic E-state index is 13.6. The predicted octanol–water partition coefficient (Wildman–Crippen LogP) is 5.89. The lowest BCUT2D eigenvalue weighted by Gasteiger charge is -2.11. The Hall–Kier alpha value is -4.68. The average Bonchev–Trinajstić information content (AvgIpc) is 3.05. The molecule has 0 aliphatic heterocycles. The zero-order valence-corrected chi connectivity index (χ0v) is 17.0. The third-order valence-electron chi connectivity index (χ3n) is 5.17. The Labute approximate surface area is 187 Å². The fourth-order valence-electron chi connectivity index (χ4n) is 3.87. The van der Waals surface area contributed by atoms with Gasteiger partial charge in [-0.15, -0.1) is 0 Å². The third-order valence-corrected chi connectivity index (χ3v) is 5.17. The van der Waals surface area contributed by atoms with E-state index in [1.165, 1.54) is 19.1 Å². The first-order valence-electron chi connectivity index (χ1n) is 9.42. The minimum atomic E-state index is -4.79. The number of benzene rings is 3. The van der Waals surface area contributed by atoms with Gasteiger partial charge in [-0.1, -0.05) is 12.1 Å². The molecular formula is C21H11F3N4O6. The molecule has 34 heavy (non-hydrogen) atoms. The van der Waals surface area contributed by atoms with Crippen molar-refractivity contribution in [3.8, 4) is 11.1 Å². The lowest BCUT2D eigenvalue weighted by molar-refractivity contribution is -0.394. The second-order valence-corrected chi connectivity index (χ2v) is 7.34. The van der Waals surface area contributed by atoms with Gasteiger partial charge in [0.15, 0.2) is 0 Å². The van der Waals surface area contributed by atoms with Crippen molar-refractivity contribution in [1.82, 2.24) is 0 Å². The number of nitrogens with zero attached hydrogens (tertiary/aromatic N) is 4. The minimum Gasteiger partial charge on any atom is -0.258 e. The largest absolute Gasteiger partial charge is 0.418 e. The van der Waals surface area contributed by atoms with Crippen molar-refractivity contribution in [2.24, 2.45) is 4.99 Å². The van der Waals surface area contributed by atoms with E-state index in [1.54, 1.807) is 0 Å². The number of aryl methyl sites for hydroxylation is 1. The molecule has 1 aliphatic rings. The summed E-state index contributed by atoms with van der Waals surface area (Å²) in [6.45, 7) is 1.49. The Morgan fingerprint density at radius 2 is 1.35 bits per heavy atom. The van der Waals surface area contributed by atoms with E-state index in [2.05, 4.69) is 4.99 Å². The van der Waals surface area contributed by atoms with Crippen molar-refractivity contribution >= 4 is 28.5 Å². The van der Waals surface area contributed by atoms with Crippen LogP contribution in [0.5, 0.6) is 0 Å². The van der Waals surface area contributed by atoms with Gasteiger partial charge >= 0.3 is 6.18 Å². The molecule has 0 aromatic heterocycles. The number of hydrogen-bond acceptors (Lipinski definition) is 7. The molecule has 3 aromatic carbocycles. The van der Waals surface area contributed by atoms with Gasteiger partial charge in [-0.05, 0) is 30.7 Å². The molecule has 0 fully saturated rings. The van der Waals surface area contributed by atoms with Crippen LogP contribution in [0.3, 0.4) is 0 Å². The lowest BCUT2D eigenvalue weighted by atomic mass is 10.00. The number of non-ortho nitro benzene ring substituents is 1. The zero-order chi connectivity index (χ0) is 24.9.